The molecule has 0 aromatic carbocycles. The molecule has 0 heterocycles. The van der Waals surface area contributed by atoms with Crippen molar-refractivity contribution in [2.45, 2.75) is 19.3 Å². The lowest BCUT2D eigenvalue weighted by molar-refractivity contribution is -0.117. The maximum Gasteiger partial charge on any atom is 0.231 e. The fourth-order valence-corrected chi connectivity index (χ4v) is 0.689. The molecular weight excluding hydrogens is 140 g/mol. The summed E-state index contributed by atoms with van der Waals surface area (Å²) in [6.45, 7) is 1.07. The third kappa shape index (κ3) is 8.99. The molecule has 3 nitrogen and oxygen atoms in total. The van der Waals surface area contributed by atoms with Gasteiger partial charge in [0.1, 0.15) is 0 Å². The van der Waals surface area contributed by atoms with E-state index in [9.17, 15) is 4.79 Å². The minimum Gasteiger partial charge on any atom is -0.369 e. The molecule has 0 saturated carbocycles. The first-order chi connectivity index (χ1) is 5.27. The van der Waals surface area contributed by atoms with Gasteiger partial charge in [-0.1, -0.05) is 0 Å². The maximum absolute atomic E-state index is 10.2. The molecule has 1 amide bonds. The number of carbonyl (C=O) groups is 1. The van der Waals surface area contributed by atoms with Gasteiger partial charge < -0.3 is 11.1 Å². The van der Waals surface area contributed by atoms with Crippen LogP contribution in [0.1, 0.15) is 19.3 Å². The summed E-state index contributed by atoms with van der Waals surface area (Å²) in [6.07, 6.45) is 7.85. The van der Waals surface area contributed by atoms with Gasteiger partial charge in [-0.2, -0.15) is 0 Å². The number of primary amides is 1. The molecule has 0 aromatic rings. The Morgan fingerprint density at radius 2 is 2.27 bits per heavy atom. The van der Waals surface area contributed by atoms with Crippen molar-refractivity contribution in [1.82, 2.24) is 5.32 Å². The van der Waals surface area contributed by atoms with Crippen molar-refractivity contribution in [2.24, 2.45) is 5.73 Å². The van der Waals surface area contributed by atoms with Gasteiger partial charge in [0.05, 0.1) is 6.54 Å². The van der Waals surface area contributed by atoms with Crippen LogP contribution in [-0.4, -0.2) is 19.0 Å². The molecule has 0 atom stereocenters. The smallest absolute Gasteiger partial charge is 0.231 e. The van der Waals surface area contributed by atoms with Gasteiger partial charge in [0.25, 0.3) is 0 Å². The molecule has 0 aromatic heterocycles. The van der Waals surface area contributed by atoms with Crippen LogP contribution in [0.2, 0.25) is 0 Å². The second-order valence-electron chi connectivity index (χ2n) is 2.30. The molecule has 0 radical (unpaired) electrons. The first kappa shape index (κ1) is 9.99. The number of amides is 1. The minimum atomic E-state index is -0.318. The van der Waals surface area contributed by atoms with Crippen molar-refractivity contribution in [3.63, 3.8) is 0 Å². The molecule has 0 saturated heterocycles. The molecular formula is C8H14N2O. The Bertz CT molecular complexity index is 149. The van der Waals surface area contributed by atoms with Crippen molar-refractivity contribution >= 4 is 5.91 Å². The highest BCUT2D eigenvalue weighted by atomic mass is 16.1. The van der Waals surface area contributed by atoms with Gasteiger partial charge in [-0.25, -0.2) is 0 Å². The molecule has 0 fully saturated rings. The Labute approximate surface area is 67.3 Å². The monoisotopic (exact) mass is 154 g/mol. The van der Waals surface area contributed by atoms with E-state index < -0.39 is 0 Å². The van der Waals surface area contributed by atoms with E-state index in [4.69, 9.17) is 12.2 Å². The Morgan fingerprint density at radius 1 is 1.55 bits per heavy atom. The fourth-order valence-electron chi connectivity index (χ4n) is 0.689. The molecule has 3 N–H and O–H groups in total. The highest BCUT2D eigenvalue weighted by Crippen LogP contribution is 1.90. The molecule has 0 aliphatic heterocycles. The van der Waals surface area contributed by atoms with Crippen LogP contribution < -0.4 is 11.1 Å². The predicted molar refractivity (Wildman–Crippen MR) is 44.7 cm³/mol. The zero-order chi connectivity index (χ0) is 8.53. The third-order valence-electron chi connectivity index (χ3n) is 1.22. The number of nitrogens with two attached hydrogens (primary N) is 1. The normalized spacial score (nSPS) is 9.00. The molecule has 0 aliphatic carbocycles. The standard InChI is InChI=1S/C8H14N2O/c1-2-3-4-5-6-10-7-8(9)11/h1,10H,3-7H2,(H2,9,11). The number of nitrogens with one attached hydrogen (secondary N) is 1. The molecule has 3 heteroatoms. The Balaban J connectivity index is 2.92. The van der Waals surface area contributed by atoms with Crippen molar-refractivity contribution < 1.29 is 4.79 Å². The van der Waals surface area contributed by atoms with Crippen LogP contribution in [0.4, 0.5) is 0 Å². The summed E-state index contributed by atoms with van der Waals surface area (Å²) < 4.78 is 0. The number of rotatable bonds is 6. The SMILES string of the molecule is C#CCCCCNCC(N)=O. The van der Waals surface area contributed by atoms with E-state index in [0.29, 0.717) is 0 Å². The van der Waals surface area contributed by atoms with E-state index in [1.165, 1.54) is 0 Å². The number of terminal acetylenes is 1. The molecule has 62 valence electrons. The summed E-state index contributed by atoms with van der Waals surface area (Å²) in [5.74, 6) is 2.23. The van der Waals surface area contributed by atoms with Gasteiger partial charge in [-0.05, 0) is 19.4 Å². The van der Waals surface area contributed by atoms with Crippen molar-refractivity contribution in [3.05, 3.63) is 0 Å². The van der Waals surface area contributed by atoms with E-state index in [1.807, 2.05) is 0 Å². The third-order valence-corrected chi connectivity index (χ3v) is 1.22. The van der Waals surface area contributed by atoms with Crippen LogP contribution in [0.5, 0.6) is 0 Å². The predicted octanol–water partition coefficient (Wildman–Crippen LogP) is -0.135. The maximum atomic E-state index is 10.2. The Morgan fingerprint density at radius 3 is 2.82 bits per heavy atom. The lowest BCUT2D eigenvalue weighted by atomic mass is 10.2. The molecule has 0 bridgehead atoms. The number of carbonyl (C=O) groups excluding carboxylic acids is 1. The van der Waals surface area contributed by atoms with Crippen LogP contribution in [0, 0.1) is 12.3 Å². The molecule has 11 heavy (non-hydrogen) atoms. The van der Waals surface area contributed by atoms with Crippen LogP contribution in [0.15, 0.2) is 0 Å². The topological polar surface area (TPSA) is 55.1 Å². The molecule has 0 aliphatic rings. The zero-order valence-electron chi connectivity index (χ0n) is 6.60. The van der Waals surface area contributed by atoms with Crippen LogP contribution in [0.3, 0.4) is 0 Å². The molecule has 0 spiro atoms. The number of hydrogen-bond acceptors (Lipinski definition) is 2. The summed E-state index contributed by atoms with van der Waals surface area (Å²) in [5, 5.41) is 2.90. The zero-order valence-corrected chi connectivity index (χ0v) is 6.60. The van der Waals surface area contributed by atoms with Crippen molar-refractivity contribution in [1.29, 1.82) is 0 Å². The molecule has 0 rings (SSSR count). The van der Waals surface area contributed by atoms with Crippen LogP contribution >= 0.6 is 0 Å². The number of unbranched alkanes of at least 4 members (excludes halogenated alkanes) is 2. The highest BCUT2D eigenvalue weighted by Gasteiger charge is 1.91. The number of hydrogen-bond donors (Lipinski definition) is 2. The quantitative estimate of drug-likeness (QED) is 0.413. The van der Waals surface area contributed by atoms with Gasteiger partial charge in [0.2, 0.25) is 5.91 Å². The van der Waals surface area contributed by atoms with Crippen LogP contribution in [-0.2, 0) is 4.79 Å². The van der Waals surface area contributed by atoms with E-state index in [-0.39, 0.29) is 12.5 Å². The lowest BCUT2D eigenvalue weighted by Crippen LogP contribution is -2.29. The van der Waals surface area contributed by atoms with Gasteiger partial charge >= 0.3 is 0 Å². The van der Waals surface area contributed by atoms with Gasteiger partial charge in [-0.15, -0.1) is 12.3 Å². The van der Waals surface area contributed by atoms with Gasteiger partial charge in [-0.3, -0.25) is 4.79 Å². The van der Waals surface area contributed by atoms with E-state index in [0.717, 1.165) is 25.8 Å². The summed E-state index contributed by atoms with van der Waals surface area (Å²) in [7, 11) is 0. The fraction of sp³-hybridized carbons (Fsp3) is 0.625. The summed E-state index contributed by atoms with van der Waals surface area (Å²) in [6, 6.07) is 0. The minimum absolute atomic E-state index is 0.260. The lowest BCUT2D eigenvalue weighted by Gasteiger charge is -1.99. The average Bonchev–Trinajstić information content (AvgIpc) is 1.96. The van der Waals surface area contributed by atoms with E-state index >= 15 is 0 Å². The largest absolute Gasteiger partial charge is 0.369 e. The van der Waals surface area contributed by atoms with E-state index in [2.05, 4.69) is 11.2 Å². The second kappa shape index (κ2) is 7.10. The van der Waals surface area contributed by atoms with Crippen molar-refractivity contribution in [3.8, 4) is 12.3 Å². The Kier molecular flexibility index (Phi) is 6.45. The van der Waals surface area contributed by atoms with Gasteiger partial charge in [0, 0.05) is 6.42 Å². The highest BCUT2D eigenvalue weighted by molar-refractivity contribution is 5.75. The van der Waals surface area contributed by atoms with E-state index in [1.54, 1.807) is 0 Å². The second-order valence-corrected chi connectivity index (χ2v) is 2.30. The molecule has 0 unspecified atom stereocenters. The summed E-state index contributed by atoms with van der Waals surface area (Å²) in [5.41, 5.74) is 4.90. The van der Waals surface area contributed by atoms with Gasteiger partial charge in [0.15, 0.2) is 0 Å². The van der Waals surface area contributed by atoms with Crippen molar-refractivity contribution in [2.75, 3.05) is 13.1 Å². The average molecular weight is 154 g/mol. The van der Waals surface area contributed by atoms with Crippen LogP contribution in [0.25, 0.3) is 0 Å². The summed E-state index contributed by atoms with van der Waals surface area (Å²) in [4.78, 5) is 10.2. The first-order valence-corrected chi connectivity index (χ1v) is 3.70. The Hall–Kier alpha value is -1.01. The summed E-state index contributed by atoms with van der Waals surface area (Å²) >= 11 is 0. The first-order valence-electron chi connectivity index (χ1n) is 3.70.